The molecule has 3 aromatic rings. The van der Waals surface area contributed by atoms with Crippen molar-refractivity contribution in [2.75, 3.05) is 0 Å². The summed E-state index contributed by atoms with van der Waals surface area (Å²) in [6.45, 7) is 0. The molecule has 0 fully saturated rings. The van der Waals surface area contributed by atoms with Crippen molar-refractivity contribution in [1.82, 2.24) is 14.6 Å². The monoisotopic (exact) mass is 261 g/mol. The first kappa shape index (κ1) is 10.9. The molecule has 0 saturated heterocycles. The van der Waals surface area contributed by atoms with Gasteiger partial charge in [0.2, 0.25) is 5.88 Å². The summed E-state index contributed by atoms with van der Waals surface area (Å²) in [5.74, 6) is -0.216. The molecule has 6 heteroatoms. The van der Waals surface area contributed by atoms with Crippen LogP contribution in [-0.4, -0.2) is 19.7 Å². The van der Waals surface area contributed by atoms with Crippen LogP contribution in [0.3, 0.4) is 0 Å². The molecule has 3 rings (SSSR count). The fraction of sp³-hybridized carbons (Fsp3) is 0. The molecule has 2 aromatic heterocycles. The van der Waals surface area contributed by atoms with Gasteiger partial charge in [-0.1, -0.05) is 29.8 Å². The Hall–Kier alpha value is -2.27. The summed E-state index contributed by atoms with van der Waals surface area (Å²) in [7, 11) is 0. The minimum atomic E-state index is -0.395. The van der Waals surface area contributed by atoms with Crippen LogP contribution in [0.25, 0.3) is 16.8 Å². The molecule has 2 N–H and O–H groups in total. The van der Waals surface area contributed by atoms with E-state index in [1.165, 1.54) is 4.52 Å². The summed E-state index contributed by atoms with van der Waals surface area (Å²) in [6.07, 6.45) is 1.55. The SMILES string of the molecule is O=c1cc(O)n2ncc(-c3ccccc3Cl)c2[nH]1. The van der Waals surface area contributed by atoms with Gasteiger partial charge in [0, 0.05) is 16.1 Å². The number of benzene rings is 1. The molecule has 0 amide bonds. The molecule has 0 spiro atoms. The van der Waals surface area contributed by atoms with E-state index in [9.17, 15) is 9.90 Å². The van der Waals surface area contributed by atoms with Gasteiger partial charge in [-0.2, -0.15) is 9.61 Å². The first-order chi connectivity index (χ1) is 8.66. The van der Waals surface area contributed by atoms with Gasteiger partial charge in [-0.3, -0.25) is 4.79 Å². The molecule has 5 nitrogen and oxygen atoms in total. The van der Waals surface area contributed by atoms with Crippen LogP contribution in [0.4, 0.5) is 0 Å². The number of fused-ring (bicyclic) bond motifs is 1. The number of hydrogen-bond donors (Lipinski definition) is 2. The van der Waals surface area contributed by atoms with E-state index in [0.29, 0.717) is 16.2 Å². The smallest absolute Gasteiger partial charge is 0.254 e. The van der Waals surface area contributed by atoms with Crippen LogP contribution in [-0.2, 0) is 0 Å². The maximum atomic E-state index is 11.4. The van der Waals surface area contributed by atoms with Crippen molar-refractivity contribution in [2.45, 2.75) is 0 Å². The molecule has 0 saturated carbocycles. The van der Waals surface area contributed by atoms with Crippen molar-refractivity contribution >= 4 is 17.2 Å². The van der Waals surface area contributed by atoms with Gasteiger partial charge in [-0.15, -0.1) is 0 Å². The molecule has 0 aliphatic carbocycles. The average Bonchev–Trinajstić information content (AvgIpc) is 2.73. The summed E-state index contributed by atoms with van der Waals surface area (Å²) in [5, 5.41) is 14.2. The predicted molar refractivity (Wildman–Crippen MR) is 67.9 cm³/mol. The van der Waals surface area contributed by atoms with Gasteiger partial charge in [-0.05, 0) is 6.07 Å². The molecule has 0 atom stereocenters. The van der Waals surface area contributed by atoms with Gasteiger partial charge < -0.3 is 10.1 Å². The van der Waals surface area contributed by atoms with Crippen molar-refractivity contribution < 1.29 is 5.11 Å². The lowest BCUT2D eigenvalue weighted by Crippen LogP contribution is -2.07. The lowest BCUT2D eigenvalue weighted by atomic mass is 10.1. The molecule has 0 aliphatic rings. The predicted octanol–water partition coefficient (Wildman–Crippen LogP) is 2.05. The van der Waals surface area contributed by atoms with Gasteiger partial charge in [0.15, 0.2) is 0 Å². The molecule has 2 heterocycles. The highest BCUT2D eigenvalue weighted by atomic mass is 35.5. The number of rotatable bonds is 1. The standard InChI is InChI=1S/C12H8ClN3O2/c13-9-4-2-1-3-7(9)8-6-14-16-11(18)5-10(17)15-12(8)16/h1-6,18H,(H,15,17). The molecule has 0 radical (unpaired) electrons. The number of aromatic nitrogens is 3. The number of nitrogens with zero attached hydrogens (tertiary/aromatic N) is 2. The Bertz CT molecular complexity index is 791. The maximum absolute atomic E-state index is 11.4. The van der Waals surface area contributed by atoms with Crippen LogP contribution in [0, 0.1) is 0 Å². The Morgan fingerprint density at radius 3 is 2.83 bits per heavy atom. The van der Waals surface area contributed by atoms with Gasteiger partial charge in [-0.25, -0.2) is 0 Å². The Morgan fingerprint density at radius 1 is 1.28 bits per heavy atom. The topological polar surface area (TPSA) is 70.4 Å². The first-order valence-electron chi connectivity index (χ1n) is 5.22. The number of hydrogen-bond acceptors (Lipinski definition) is 3. The Kier molecular flexibility index (Phi) is 2.34. The molecular formula is C12H8ClN3O2. The minimum Gasteiger partial charge on any atom is -0.493 e. The third-order valence-electron chi connectivity index (χ3n) is 2.65. The molecule has 0 aliphatic heterocycles. The minimum absolute atomic E-state index is 0.216. The zero-order valence-corrected chi connectivity index (χ0v) is 9.85. The number of aromatic hydroxyl groups is 1. The fourth-order valence-corrected chi connectivity index (χ4v) is 2.09. The summed E-state index contributed by atoms with van der Waals surface area (Å²) in [5.41, 5.74) is 1.42. The molecule has 0 unspecified atom stereocenters. The second-order valence-electron chi connectivity index (χ2n) is 3.79. The lowest BCUT2D eigenvalue weighted by molar-refractivity contribution is 0.434. The number of halogens is 1. The molecule has 18 heavy (non-hydrogen) atoms. The number of nitrogens with one attached hydrogen (secondary N) is 1. The van der Waals surface area contributed by atoms with E-state index in [-0.39, 0.29) is 5.88 Å². The van der Waals surface area contributed by atoms with E-state index in [4.69, 9.17) is 11.6 Å². The summed E-state index contributed by atoms with van der Waals surface area (Å²) in [6, 6.07) is 8.29. The van der Waals surface area contributed by atoms with Crippen molar-refractivity contribution in [2.24, 2.45) is 0 Å². The van der Waals surface area contributed by atoms with Crippen LogP contribution >= 0.6 is 11.6 Å². The molecular weight excluding hydrogens is 254 g/mol. The van der Waals surface area contributed by atoms with Crippen LogP contribution in [0.2, 0.25) is 5.02 Å². The number of aromatic amines is 1. The van der Waals surface area contributed by atoms with Crippen molar-refractivity contribution in [3.63, 3.8) is 0 Å². The molecule has 0 bridgehead atoms. The van der Waals surface area contributed by atoms with Gasteiger partial charge >= 0.3 is 0 Å². The van der Waals surface area contributed by atoms with Crippen LogP contribution < -0.4 is 5.56 Å². The Labute approximate surface area is 106 Å². The fourth-order valence-electron chi connectivity index (χ4n) is 1.85. The second-order valence-corrected chi connectivity index (χ2v) is 4.20. The van der Waals surface area contributed by atoms with Crippen LogP contribution in [0.5, 0.6) is 5.88 Å². The maximum Gasteiger partial charge on any atom is 0.254 e. The highest BCUT2D eigenvalue weighted by Gasteiger charge is 2.12. The third kappa shape index (κ3) is 1.56. The van der Waals surface area contributed by atoms with E-state index in [1.807, 2.05) is 18.2 Å². The third-order valence-corrected chi connectivity index (χ3v) is 2.98. The quantitative estimate of drug-likeness (QED) is 0.704. The van der Waals surface area contributed by atoms with E-state index in [2.05, 4.69) is 10.1 Å². The van der Waals surface area contributed by atoms with Crippen LogP contribution in [0.15, 0.2) is 41.3 Å². The zero-order valence-electron chi connectivity index (χ0n) is 9.09. The molecule has 90 valence electrons. The largest absolute Gasteiger partial charge is 0.493 e. The lowest BCUT2D eigenvalue weighted by Gasteiger charge is -2.02. The second kappa shape index (κ2) is 3.89. The van der Waals surface area contributed by atoms with Gasteiger partial charge in [0.25, 0.3) is 5.56 Å². The van der Waals surface area contributed by atoms with Crippen LogP contribution in [0.1, 0.15) is 0 Å². The average molecular weight is 262 g/mol. The Balaban J connectivity index is 2.38. The van der Waals surface area contributed by atoms with Crippen molar-refractivity contribution in [3.8, 4) is 17.0 Å². The molecule has 1 aromatic carbocycles. The zero-order chi connectivity index (χ0) is 12.7. The van der Waals surface area contributed by atoms with Gasteiger partial charge in [0.05, 0.1) is 12.3 Å². The van der Waals surface area contributed by atoms with E-state index in [1.54, 1.807) is 12.3 Å². The highest BCUT2D eigenvalue weighted by Crippen LogP contribution is 2.30. The number of H-pyrrole nitrogens is 1. The van der Waals surface area contributed by atoms with E-state index >= 15 is 0 Å². The van der Waals surface area contributed by atoms with Crippen molar-refractivity contribution in [1.29, 1.82) is 0 Å². The Morgan fingerprint density at radius 2 is 2.06 bits per heavy atom. The van der Waals surface area contributed by atoms with E-state index in [0.717, 1.165) is 11.6 Å². The summed E-state index contributed by atoms with van der Waals surface area (Å²) >= 11 is 6.10. The summed E-state index contributed by atoms with van der Waals surface area (Å²) in [4.78, 5) is 14.0. The summed E-state index contributed by atoms with van der Waals surface area (Å²) < 4.78 is 1.25. The first-order valence-corrected chi connectivity index (χ1v) is 5.59. The highest BCUT2D eigenvalue weighted by molar-refractivity contribution is 6.33. The normalized spacial score (nSPS) is 10.9. The van der Waals surface area contributed by atoms with Gasteiger partial charge in [0.1, 0.15) is 5.65 Å². The van der Waals surface area contributed by atoms with Crippen molar-refractivity contribution in [3.05, 3.63) is 51.9 Å². The van der Waals surface area contributed by atoms with E-state index < -0.39 is 5.56 Å².